The third-order valence-corrected chi connectivity index (χ3v) is 28.7. The zero-order valence-corrected chi connectivity index (χ0v) is 76.4. The van der Waals surface area contributed by atoms with Gasteiger partial charge in [-0.2, -0.15) is 0 Å². The van der Waals surface area contributed by atoms with Gasteiger partial charge in [0, 0.05) is 97.4 Å². The molecule has 0 radical (unpaired) electrons. The average Bonchev–Trinajstić information content (AvgIpc) is 0.679. The Morgan fingerprint density at radius 1 is 0.174 bits per heavy atom. The predicted molar refractivity (Wildman–Crippen MR) is 561 cm³/mol. The number of ether oxygens (including phenoxy) is 1. The van der Waals surface area contributed by atoms with Gasteiger partial charge in [0.15, 0.2) is 0 Å². The van der Waals surface area contributed by atoms with Crippen LogP contribution in [0.3, 0.4) is 0 Å². The standard InChI is InChI=1S/C120H97B3N8O/c1-74-38-32-39-75(2)115(74)129(116-76(3)40-33-41-77(116)4)91-64-105-112-107(66-91)126(88-54-22-15-23-55-88)102-72-103-97(70-96(102)121(112)94-60-28-30-62-100(94)124(105)86-50-18-13-19-51-86)123-99-71-98-104(73-110(99)132-111-69-93(68-109(114(111)123)127(103)89-56-24-16-25-57-89)131(119-82(9)46-36-47-83(119)10)120-84(11)48-37-49-85(120)12)128(90-58-26-17-27-59-90)108-67-92(130(117-78(5)42-34-43-79(117)6)118-80(7)44-35-45-81(118)8)65-106-113(108)122(98)95-61-29-31-63-101(95)125(106)87-52-20-14-21-53-87/h13-73H,1-12H3. The van der Waals surface area contributed by atoms with E-state index in [1.165, 1.54) is 105 Å². The molecule has 6 aliphatic rings. The van der Waals surface area contributed by atoms with E-state index in [2.05, 4.69) is 492 Å². The maximum Gasteiger partial charge on any atom is 0.256 e. The minimum Gasteiger partial charge on any atom is -0.458 e. The molecule has 18 aromatic rings. The number of nitrogens with zero attached hydrogens (tertiary/aromatic N) is 8. The molecule has 0 atom stereocenters. The second-order valence-corrected chi connectivity index (χ2v) is 36.9. The Balaban J connectivity index is 0.829. The van der Waals surface area contributed by atoms with Crippen LogP contribution in [0.25, 0.3) is 0 Å². The van der Waals surface area contributed by atoms with Crippen molar-refractivity contribution in [2.45, 2.75) is 83.1 Å². The third kappa shape index (κ3) is 12.2. The lowest BCUT2D eigenvalue weighted by molar-refractivity contribution is 0.488. The van der Waals surface area contributed by atoms with Gasteiger partial charge in [0.25, 0.3) is 20.1 Å². The van der Waals surface area contributed by atoms with Crippen LogP contribution in [-0.4, -0.2) is 20.1 Å². The fourth-order valence-corrected chi connectivity index (χ4v) is 23.3. The van der Waals surface area contributed by atoms with E-state index in [1.54, 1.807) is 0 Å². The lowest BCUT2D eigenvalue weighted by Gasteiger charge is -2.47. The van der Waals surface area contributed by atoms with E-state index in [0.29, 0.717) is 0 Å². The molecule has 0 unspecified atom stereocenters. The van der Waals surface area contributed by atoms with Crippen molar-refractivity contribution in [2.24, 2.45) is 0 Å². The number of rotatable bonds is 14. The summed E-state index contributed by atoms with van der Waals surface area (Å²) < 4.78 is 8.34. The quantitative estimate of drug-likeness (QED) is 0.0990. The van der Waals surface area contributed by atoms with Crippen molar-refractivity contribution in [1.29, 1.82) is 0 Å². The summed E-state index contributed by atoms with van der Waals surface area (Å²) in [5.74, 6) is 1.59. The largest absolute Gasteiger partial charge is 0.458 e. The first-order valence-corrected chi connectivity index (χ1v) is 46.3. The molecular weight excluding hydrogens is 1600 g/mol. The monoisotopic (exact) mass is 1700 g/mol. The Morgan fingerprint density at radius 3 is 0.689 bits per heavy atom. The van der Waals surface area contributed by atoms with Crippen molar-refractivity contribution < 1.29 is 4.74 Å². The van der Waals surface area contributed by atoms with Crippen LogP contribution >= 0.6 is 0 Å². The molecule has 9 nitrogen and oxygen atoms in total. The van der Waals surface area contributed by atoms with Crippen LogP contribution in [0, 0.1) is 83.1 Å². The summed E-state index contributed by atoms with van der Waals surface area (Å²) in [6, 6.07) is 140. The number of fused-ring (bicyclic) bond motifs is 12. The molecule has 6 heterocycles. The molecule has 0 N–H and O–H groups in total. The summed E-state index contributed by atoms with van der Waals surface area (Å²) in [4.78, 5) is 20.6. The normalized spacial score (nSPS) is 13.1. The van der Waals surface area contributed by atoms with Crippen molar-refractivity contribution in [2.75, 3.05) is 39.2 Å². The Kier molecular flexibility index (Phi) is 18.8. The second-order valence-electron chi connectivity index (χ2n) is 36.9. The van der Waals surface area contributed by atoms with Gasteiger partial charge in [0.05, 0.1) is 51.2 Å². The highest BCUT2D eigenvalue weighted by atomic mass is 16.5. The molecule has 6 aliphatic heterocycles. The van der Waals surface area contributed by atoms with Gasteiger partial charge >= 0.3 is 0 Å². The molecule has 132 heavy (non-hydrogen) atoms. The highest BCUT2D eigenvalue weighted by molar-refractivity contribution is 7.04. The molecule has 0 aromatic heterocycles. The van der Waals surface area contributed by atoms with Crippen LogP contribution in [0.5, 0.6) is 11.5 Å². The van der Waals surface area contributed by atoms with Gasteiger partial charge in [-0.15, -0.1) is 0 Å². The van der Waals surface area contributed by atoms with Crippen LogP contribution in [0.1, 0.15) is 66.8 Å². The number of para-hydroxylation sites is 13. The summed E-state index contributed by atoms with van der Waals surface area (Å²) in [5, 5.41) is 0. The molecule has 0 spiro atoms. The first-order valence-electron chi connectivity index (χ1n) is 46.3. The Morgan fingerprint density at radius 2 is 0.402 bits per heavy atom. The van der Waals surface area contributed by atoms with E-state index in [1.807, 2.05) is 0 Å². The van der Waals surface area contributed by atoms with Gasteiger partial charge in [-0.3, -0.25) is 0 Å². The topological polar surface area (TPSA) is 35.2 Å². The highest BCUT2D eigenvalue weighted by Gasteiger charge is 2.52. The molecule has 0 aliphatic carbocycles. The summed E-state index contributed by atoms with van der Waals surface area (Å²) >= 11 is 0. The predicted octanol–water partition coefficient (Wildman–Crippen LogP) is 26.4. The fraction of sp³-hybridized carbons (Fsp3) is 0.100. The van der Waals surface area contributed by atoms with Crippen LogP contribution in [-0.2, 0) is 0 Å². The number of hydrogen-bond acceptors (Lipinski definition) is 9. The Hall–Kier alpha value is -15.6. The molecule has 18 aromatic carbocycles. The molecule has 0 saturated heterocycles. The minimum absolute atomic E-state index is 0.278. The lowest BCUT2D eigenvalue weighted by atomic mass is 9.29. The molecule has 0 fully saturated rings. The molecular formula is C120H97B3N8O. The van der Waals surface area contributed by atoms with E-state index in [9.17, 15) is 0 Å². The Labute approximate surface area is 775 Å². The lowest BCUT2D eigenvalue weighted by Crippen LogP contribution is -2.66. The van der Waals surface area contributed by atoms with Crippen LogP contribution in [0.2, 0.25) is 0 Å². The summed E-state index contributed by atoms with van der Waals surface area (Å²) in [6.07, 6.45) is 0. The van der Waals surface area contributed by atoms with Gasteiger partial charge in [0.1, 0.15) is 11.5 Å². The molecule has 0 amide bonds. The van der Waals surface area contributed by atoms with Gasteiger partial charge < -0.3 is 43.9 Å². The van der Waals surface area contributed by atoms with E-state index < -0.39 is 6.71 Å². The van der Waals surface area contributed by atoms with Gasteiger partial charge in [-0.1, -0.05) is 249 Å². The van der Waals surface area contributed by atoms with E-state index in [4.69, 9.17) is 4.74 Å². The number of aryl methyl sites for hydroxylation is 12. The van der Waals surface area contributed by atoms with Crippen molar-refractivity contribution in [1.82, 2.24) is 0 Å². The van der Waals surface area contributed by atoms with Crippen molar-refractivity contribution in [3.63, 3.8) is 0 Å². The molecule has 0 saturated carbocycles. The maximum atomic E-state index is 8.34. The number of anilines is 24. The fourth-order valence-electron chi connectivity index (χ4n) is 23.3. The third-order valence-electron chi connectivity index (χ3n) is 28.7. The van der Waals surface area contributed by atoms with E-state index in [-0.39, 0.29) is 13.4 Å². The maximum absolute atomic E-state index is 8.34. The summed E-state index contributed by atoms with van der Waals surface area (Å²) in [7, 11) is 0. The molecule has 12 heteroatoms. The van der Waals surface area contributed by atoms with Crippen molar-refractivity contribution in [3.8, 4) is 11.5 Å². The average molecular weight is 1700 g/mol. The minimum atomic E-state index is -0.417. The Bertz CT molecular complexity index is 7520. The molecule has 24 rings (SSSR count). The zero-order chi connectivity index (χ0) is 89.3. The van der Waals surface area contributed by atoms with Gasteiger partial charge in [-0.25, -0.2) is 0 Å². The van der Waals surface area contributed by atoms with Gasteiger partial charge in [0.2, 0.25) is 0 Å². The molecule has 0 bridgehead atoms. The SMILES string of the molecule is Cc1cccc(C)c1N(c1cc2c3c(c1)N(c1ccccc1)c1cc4c(cc1B3c1cc3c(cc1O2)N(c1ccccc1)c1cc(N(c2c(C)cccc2C)c2c(C)cccc2C)cc2c1B3c1ccccc1N2c1ccccc1)B1c2ccccc2N(c2ccccc2)c2cc(N(c3c(C)cccc3C)c3c(C)cccc3C)cc(c21)N4c1ccccc1)c1c(C)cccc1C. The zero-order valence-electron chi connectivity index (χ0n) is 76.4. The van der Waals surface area contributed by atoms with Crippen LogP contribution in [0.4, 0.5) is 136 Å². The van der Waals surface area contributed by atoms with Crippen molar-refractivity contribution in [3.05, 3.63) is 437 Å². The van der Waals surface area contributed by atoms with Crippen LogP contribution in [0.15, 0.2) is 370 Å². The smallest absolute Gasteiger partial charge is 0.256 e. The first kappa shape index (κ1) is 79.7. The number of hydrogen-bond donors (Lipinski definition) is 0. The number of benzene rings is 18. The van der Waals surface area contributed by atoms with E-state index >= 15 is 0 Å². The first-order chi connectivity index (χ1) is 64.5. The van der Waals surface area contributed by atoms with E-state index in [0.717, 1.165) is 159 Å². The van der Waals surface area contributed by atoms with Crippen molar-refractivity contribution >= 4 is 206 Å². The highest BCUT2D eigenvalue weighted by Crippen LogP contribution is 2.57. The second kappa shape index (κ2) is 31.1. The summed E-state index contributed by atoms with van der Waals surface area (Å²) in [6.45, 7) is 26.3. The van der Waals surface area contributed by atoms with Crippen LogP contribution < -0.4 is 93.1 Å². The summed E-state index contributed by atoms with van der Waals surface area (Å²) in [5.41, 5.74) is 51.1. The molecule has 632 valence electrons. The van der Waals surface area contributed by atoms with Gasteiger partial charge in [-0.05, 0) is 308 Å².